The van der Waals surface area contributed by atoms with E-state index in [0.29, 0.717) is 21.6 Å². The lowest BCUT2D eigenvalue weighted by Gasteiger charge is -2.13. The molecule has 7 heteroatoms. The second-order valence-corrected chi connectivity index (χ2v) is 7.74. The fraction of sp³-hybridized carbons (Fsp3) is 0.136. The van der Waals surface area contributed by atoms with E-state index in [1.165, 1.54) is 15.9 Å². The molecule has 2 aromatic heterocycles. The molecule has 0 spiro atoms. The fourth-order valence-corrected chi connectivity index (χ4v) is 4.03. The van der Waals surface area contributed by atoms with Crippen molar-refractivity contribution in [2.45, 2.75) is 20.4 Å². The molecule has 6 nitrogen and oxygen atoms in total. The zero-order valence-corrected chi connectivity index (χ0v) is 16.8. The fourth-order valence-electron chi connectivity index (χ4n) is 3.21. The molecular weight excluding hydrogens is 386 g/mol. The first-order chi connectivity index (χ1) is 14.0. The van der Waals surface area contributed by atoms with Crippen molar-refractivity contribution in [1.82, 2.24) is 9.13 Å². The number of rotatable bonds is 4. The van der Waals surface area contributed by atoms with E-state index in [0.717, 1.165) is 15.7 Å². The average molecular weight is 405 g/mol. The maximum atomic E-state index is 13.1. The number of hydrogen-bond acceptors (Lipinski definition) is 4. The molecule has 2 heterocycles. The van der Waals surface area contributed by atoms with Gasteiger partial charge < -0.3 is 5.32 Å². The van der Waals surface area contributed by atoms with E-state index in [1.54, 1.807) is 35.7 Å². The summed E-state index contributed by atoms with van der Waals surface area (Å²) in [6.45, 7) is 3.78. The first-order valence-corrected chi connectivity index (χ1v) is 9.99. The molecule has 29 heavy (non-hydrogen) atoms. The summed E-state index contributed by atoms with van der Waals surface area (Å²) in [6, 6.07) is 16.1. The van der Waals surface area contributed by atoms with Crippen LogP contribution in [-0.2, 0) is 11.3 Å². The topological polar surface area (TPSA) is 73.1 Å². The lowest BCUT2D eigenvalue weighted by molar-refractivity contribution is -0.116. The number of nitrogens with one attached hydrogen (secondary N) is 1. The molecule has 4 aromatic rings. The van der Waals surface area contributed by atoms with Crippen LogP contribution >= 0.6 is 11.3 Å². The molecular formula is C22H19N3O3S. The van der Waals surface area contributed by atoms with Crippen LogP contribution in [-0.4, -0.2) is 15.0 Å². The lowest BCUT2D eigenvalue weighted by Crippen LogP contribution is -2.40. The van der Waals surface area contributed by atoms with Gasteiger partial charge >= 0.3 is 5.69 Å². The first kappa shape index (κ1) is 18.9. The minimum atomic E-state index is -0.540. The number of hydrogen-bond donors (Lipinski definition) is 1. The maximum absolute atomic E-state index is 13.1. The van der Waals surface area contributed by atoms with Crippen LogP contribution in [0.5, 0.6) is 0 Å². The molecule has 0 saturated carbocycles. The highest BCUT2D eigenvalue weighted by molar-refractivity contribution is 7.17. The summed E-state index contributed by atoms with van der Waals surface area (Å²) in [4.78, 5) is 38.7. The molecule has 0 radical (unpaired) electrons. The van der Waals surface area contributed by atoms with Crippen LogP contribution in [0.4, 0.5) is 5.69 Å². The van der Waals surface area contributed by atoms with Gasteiger partial charge in [-0.3, -0.25) is 14.2 Å². The highest BCUT2D eigenvalue weighted by Gasteiger charge is 2.17. The molecule has 0 aliphatic heterocycles. The number of thiophene rings is 1. The van der Waals surface area contributed by atoms with Crippen LogP contribution in [0.3, 0.4) is 0 Å². The van der Waals surface area contributed by atoms with Crippen molar-refractivity contribution >= 4 is 33.1 Å². The normalized spacial score (nSPS) is 11.0. The third-order valence-electron chi connectivity index (χ3n) is 4.86. The molecule has 0 atom stereocenters. The summed E-state index contributed by atoms with van der Waals surface area (Å²) in [5.41, 5.74) is 2.89. The number of anilines is 1. The molecule has 0 aliphatic rings. The summed E-state index contributed by atoms with van der Waals surface area (Å²) in [5.74, 6) is -0.332. The van der Waals surface area contributed by atoms with Crippen molar-refractivity contribution in [3.8, 4) is 5.69 Å². The number of nitrogens with zero attached hydrogens (tertiary/aromatic N) is 2. The van der Waals surface area contributed by atoms with Crippen molar-refractivity contribution < 1.29 is 4.79 Å². The SMILES string of the molecule is Cc1ccc(NC(=O)Cn2c(=O)n(-c3ccccc3)c(=O)c3sccc32)cc1C. The van der Waals surface area contributed by atoms with Crippen LogP contribution < -0.4 is 16.6 Å². The first-order valence-electron chi connectivity index (χ1n) is 9.11. The second-order valence-electron chi connectivity index (χ2n) is 6.83. The van der Waals surface area contributed by atoms with Gasteiger partial charge in [0, 0.05) is 5.69 Å². The molecule has 4 rings (SSSR count). The Morgan fingerprint density at radius 2 is 1.76 bits per heavy atom. The van der Waals surface area contributed by atoms with E-state index < -0.39 is 5.69 Å². The van der Waals surface area contributed by atoms with Gasteiger partial charge in [0.2, 0.25) is 5.91 Å². The van der Waals surface area contributed by atoms with Gasteiger partial charge in [0.25, 0.3) is 5.56 Å². The Labute approximate surface area is 170 Å². The smallest absolute Gasteiger partial charge is 0.325 e. The summed E-state index contributed by atoms with van der Waals surface area (Å²) < 4.78 is 2.89. The van der Waals surface area contributed by atoms with Crippen molar-refractivity contribution in [3.63, 3.8) is 0 Å². The van der Waals surface area contributed by atoms with E-state index in [-0.39, 0.29) is 18.0 Å². The molecule has 0 bridgehead atoms. The molecule has 2 aromatic carbocycles. The van der Waals surface area contributed by atoms with E-state index in [2.05, 4.69) is 5.32 Å². The van der Waals surface area contributed by atoms with Gasteiger partial charge in [-0.05, 0) is 60.7 Å². The second kappa shape index (κ2) is 7.52. The predicted octanol–water partition coefficient (Wildman–Crippen LogP) is 3.47. The monoisotopic (exact) mass is 405 g/mol. The molecule has 0 saturated heterocycles. The Bertz CT molecular complexity index is 1330. The van der Waals surface area contributed by atoms with E-state index in [4.69, 9.17) is 0 Å². The van der Waals surface area contributed by atoms with Gasteiger partial charge in [-0.2, -0.15) is 0 Å². The number of aromatic nitrogens is 2. The minimum Gasteiger partial charge on any atom is -0.325 e. The van der Waals surface area contributed by atoms with Crippen molar-refractivity contribution in [3.05, 3.63) is 91.9 Å². The number of carbonyl (C=O) groups excluding carboxylic acids is 1. The average Bonchev–Trinajstić information content (AvgIpc) is 3.19. The zero-order valence-electron chi connectivity index (χ0n) is 16.0. The number of fused-ring (bicyclic) bond motifs is 1. The Morgan fingerprint density at radius 3 is 2.48 bits per heavy atom. The van der Waals surface area contributed by atoms with Crippen molar-refractivity contribution in [2.24, 2.45) is 0 Å². The Kier molecular flexibility index (Phi) is 4.90. The highest BCUT2D eigenvalue weighted by atomic mass is 32.1. The number of aryl methyl sites for hydroxylation is 2. The number of amides is 1. The molecule has 1 amide bonds. The summed E-state index contributed by atoms with van der Waals surface area (Å²) in [7, 11) is 0. The molecule has 0 aliphatic carbocycles. The third kappa shape index (κ3) is 3.52. The number of para-hydroxylation sites is 1. The van der Waals surface area contributed by atoms with E-state index >= 15 is 0 Å². The quantitative estimate of drug-likeness (QED) is 0.565. The van der Waals surface area contributed by atoms with Crippen LogP contribution in [0.2, 0.25) is 0 Å². The van der Waals surface area contributed by atoms with Gasteiger partial charge in [-0.25, -0.2) is 9.36 Å². The molecule has 0 fully saturated rings. The van der Waals surface area contributed by atoms with Gasteiger partial charge in [-0.1, -0.05) is 24.3 Å². The number of carbonyl (C=O) groups is 1. The Morgan fingerprint density at radius 1 is 1.00 bits per heavy atom. The zero-order chi connectivity index (χ0) is 20.5. The largest absolute Gasteiger partial charge is 0.336 e. The summed E-state index contributed by atoms with van der Waals surface area (Å²) in [6.07, 6.45) is 0. The molecule has 1 N–H and O–H groups in total. The van der Waals surface area contributed by atoms with Gasteiger partial charge in [0.1, 0.15) is 11.2 Å². The summed E-state index contributed by atoms with van der Waals surface area (Å²) in [5, 5.41) is 4.58. The van der Waals surface area contributed by atoms with Gasteiger partial charge in [-0.15, -0.1) is 11.3 Å². The van der Waals surface area contributed by atoms with Crippen molar-refractivity contribution in [1.29, 1.82) is 0 Å². The summed E-state index contributed by atoms with van der Waals surface area (Å²) >= 11 is 1.26. The number of benzene rings is 2. The molecule has 146 valence electrons. The third-order valence-corrected chi connectivity index (χ3v) is 5.75. The lowest BCUT2D eigenvalue weighted by atomic mass is 10.1. The maximum Gasteiger partial charge on any atom is 0.336 e. The standard InChI is InChI=1S/C22H19N3O3S/c1-14-8-9-16(12-15(14)2)23-19(26)13-24-18-10-11-29-20(18)21(27)25(22(24)28)17-6-4-3-5-7-17/h3-12H,13H2,1-2H3,(H,23,26). The van der Waals surface area contributed by atoms with Gasteiger partial charge in [0.15, 0.2) is 0 Å². The van der Waals surface area contributed by atoms with Crippen LogP contribution in [0, 0.1) is 13.8 Å². The van der Waals surface area contributed by atoms with Crippen LogP contribution in [0.25, 0.3) is 15.9 Å². The predicted molar refractivity (Wildman–Crippen MR) is 116 cm³/mol. The van der Waals surface area contributed by atoms with Crippen LogP contribution in [0.15, 0.2) is 69.6 Å². The van der Waals surface area contributed by atoms with E-state index in [1.807, 2.05) is 38.1 Å². The highest BCUT2D eigenvalue weighted by Crippen LogP contribution is 2.17. The van der Waals surface area contributed by atoms with E-state index in [9.17, 15) is 14.4 Å². The minimum absolute atomic E-state index is 0.188. The Balaban J connectivity index is 1.76. The van der Waals surface area contributed by atoms with Crippen molar-refractivity contribution in [2.75, 3.05) is 5.32 Å². The van der Waals surface area contributed by atoms with Gasteiger partial charge in [0.05, 0.1) is 11.2 Å². The molecule has 0 unspecified atom stereocenters. The van der Waals surface area contributed by atoms with Crippen LogP contribution in [0.1, 0.15) is 11.1 Å². The Hall–Kier alpha value is -3.45.